The first kappa shape index (κ1) is 25.0. The number of rotatable bonds is 5. The highest BCUT2D eigenvalue weighted by Gasteiger charge is 2.38. The number of hydrogen-bond donors (Lipinski definition) is 0. The van der Waals surface area contributed by atoms with Gasteiger partial charge in [0, 0.05) is 22.7 Å². The minimum absolute atomic E-state index is 0.154. The summed E-state index contributed by atoms with van der Waals surface area (Å²) in [6.07, 6.45) is 0. The molecule has 0 spiro atoms. The number of hydrogen-bond acceptors (Lipinski definition) is 7. The summed E-state index contributed by atoms with van der Waals surface area (Å²) in [6, 6.07) is 11.5. The number of amides is 1. The number of carbonyl (C=O) groups excluding carboxylic acids is 2. The molecular weight excluding hydrogens is 514 g/mol. The maximum atomic E-state index is 14.1. The van der Waals surface area contributed by atoms with E-state index < -0.39 is 17.6 Å². The molecule has 0 bridgehead atoms. The van der Waals surface area contributed by atoms with Gasteiger partial charge in [-0.1, -0.05) is 41.1 Å². The van der Waals surface area contributed by atoms with Crippen LogP contribution in [0.25, 0.3) is 5.57 Å². The molecule has 0 saturated carbocycles. The first-order valence-electron chi connectivity index (χ1n) is 11.8. The molecule has 2 aliphatic rings. The number of halogens is 1. The van der Waals surface area contributed by atoms with Crippen LogP contribution in [0.4, 0.5) is 5.69 Å². The van der Waals surface area contributed by atoms with Crippen LogP contribution in [0.2, 0.25) is 5.02 Å². The van der Waals surface area contributed by atoms with E-state index in [4.69, 9.17) is 21.1 Å². The Morgan fingerprint density at radius 3 is 2.62 bits per heavy atom. The maximum absolute atomic E-state index is 14.1. The second-order valence-corrected chi connectivity index (χ2v) is 9.86. The van der Waals surface area contributed by atoms with Crippen molar-refractivity contribution in [1.82, 2.24) is 4.57 Å². The van der Waals surface area contributed by atoms with Gasteiger partial charge in [0.25, 0.3) is 11.5 Å². The highest BCUT2D eigenvalue weighted by Crippen LogP contribution is 2.38. The van der Waals surface area contributed by atoms with Crippen LogP contribution in [-0.2, 0) is 14.3 Å². The minimum atomic E-state index is -0.910. The van der Waals surface area contributed by atoms with E-state index in [9.17, 15) is 14.4 Å². The molecule has 1 amide bonds. The molecule has 0 N–H and O–H groups in total. The summed E-state index contributed by atoms with van der Waals surface area (Å²) < 4.78 is 12.6. The number of nitrogens with zero attached hydrogens (tertiary/aromatic N) is 3. The monoisotopic (exact) mass is 537 g/mol. The predicted octanol–water partition coefficient (Wildman–Crippen LogP) is 3.20. The lowest BCUT2D eigenvalue weighted by Gasteiger charge is -2.26. The van der Waals surface area contributed by atoms with Gasteiger partial charge in [0.1, 0.15) is 16.3 Å². The van der Waals surface area contributed by atoms with E-state index in [1.165, 1.54) is 11.7 Å². The van der Waals surface area contributed by atoms with Gasteiger partial charge in [0.15, 0.2) is 4.80 Å². The number of fused-ring (bicyclic) bond motifs is 2. The molecule has 0 radical (unpaired) electrons. The van der Waals surface area contributed by atoms with Crippen molar-refractivity contribution in [3.8, 4) is 5.75 Å². The van der Waals surface area contributed by atoms with Gasteiger partial charge in [0.2, 0.25) is 0 Å². The quantitative estimate of drug-likeness (QED) is 0.466. The molecule has 2 aliphatic heterocycles. The van der Waals surface area contributed by atoms with E-state index in [1.807, 2.05) is 31.2 Å². The summed E-state index contributed by atoms with van der Waals surface area (Å²) >= 11 is 7.48. The minimum Gasteiger partial charge on any atom is -0.496 e. The summed E-state index contributed by atoms with van der Waals surface area (Å²) in [5, 5.41) is 0.414. The number of carbonyl (C=O) groups is 2. The third kappa shape index (κ3) is 3.89. The van der Waals surface area contributed by atoms with Crippen LogP contribution >= 0.6 is 22.9 Å². The Morgan fingerprint density at radius 1 is 1.16 bits per heavy atom. The van der Waals surface area contributed by atoms with Crippen molar-refractivity contribution >= 4 is 46.1 Å². The fourth-order valence-electron chi connectivity index (χ4n) is 4.87. The van der Waals surface area contributed by atoms with Gasteiger partial charge in [-0.2, -0.15) is 0 Å². The van der Waals surface area contributed by atoms with Crippen molar-refractivity contribution in [3.63, 3.8) is 0 Å². The van der Waals surface area contributed by atoms with Crippen LogP contribution < -0.4 is 24.5 Å². The van der Waals surface area contributed by atoms with Gasteiger partial charge >= 0.3 is 5.97 Å². The number of allylic oxidation sites excluding steroid dienone is 1. The maximum Gasteiger partial charge on any atom is 0.338 e. The zero-order valence-electron chi connectivity index (χ0n) is 20.7. The van der Waals surface area contributed by atoms with Gasteiger partial charge in [-0.15, -0.1) is 0 Å². The average molecular weight is 538 g/mol. The Hall–Kier alpha value is -3.69. The molecule has 0 unspecified atom stereocenters. The number of methoxy groups -OCH3 is 1. The van der Waals surface area contributed by atoms with E-state index in [0.717, 1.165) is 17.0 Å². The van der Waals surface area contributed by atoms with E-state index in [0.29, 0.717) is 44.5 Å². The van der Waals surface area contributed by atoms with Crippen molar-refractivity contribution in [1.29, 1.82) is 0 Å². The first-order valence-corrected chi connectivity index (χ1v) is 13.0. The van der Waals surface area contributed by atoms with Crippen LogP contribution in [0.15, 0.2) is 63.5 Å². The van der Waals surface area contributed by atoms with Crippen molar-refractivity contribution in [3.05, 3.63) is 89.6 Å². The van der Waals surface area contributed by atoms with Gasteiger partial charge in [0.05, 0.1) is 36.2 Å². The molecule has 190 valence electrons. The Kier molecular flexibility index (Phi) is 6.51. The topological polar surface area (TPSA) is 90.2 Å². The summed E-state index contributed by atoms with van der Waals surface area (Å²) in [7, 11) is 1.51. The molecule has 1 aromatic heterocycles. The molecule has 8 nitrogen and oxygen atoms in total. The highest BCUT2D eigenvalue weighted by atomic mass is 35.5. The molecule has 0 saturated heterocycles. The molecule has 10 heteroatoms. The van der Waals surface area contributed by atoms with Gasteiger partial charge < -0.3 is 14.4 Å². The van der Waals surface area contributed by atoms with Crippen LogP contribution in [0, 0.1) is 0 Å². The fourth-order valence-corrected chi connectivity index (χ4v) is 6.19. The molecule has 5 rings (SSSR count). The Balaban J connectivity index is 1.87. The van der Waals surface area contributed by atoms with Gasteiger partial charge in [-0.05, 0) is 45.0 Å². The van der Waals surface area contributed by atoms with Crippen molar-refractivity contribution < 1.29 is 19.1 Å². The van der Waals surface area contributed by atoms with Gasteiger partial charge in [-0.3, -0.25) is 14.2 Å². The smallest absolute Gasteiger partial charge is 0.338 e. The SMILES string of the molecule is CCOC(=O)C1=C(C)N=c2s/c(=C3\C(=O)N(CC)c4ccccc43)c(=O)n2[C@@H]1c1cc(Cl)ccc1OC. The number of benzene rings is 2. The zero-order valence-corrected chi connectivity index (χ0v) is 22.3. The Bertz CT molecular complexity index is 1670. The van der Waals surface area contributed by atoms with Crippen LogP contribution in [0.5, 0.6) is 5.75 Å². The molecule has 2 aromatic carbocycles. The summed E-state index contributed by atoms with van der Waals surface area (Å²) in [4.78, 5) is 47.4. The van der Waals surface area contributed by atoms with Crippen molar-refractivity contribution in [2.45, 2.75) is 26.8 Å². The van der Waals surface area contributed by atoms with Crippen molar-refractivity contribution in [2.75, 3.05) is 25.2 Å². The number of thiazole rings is 1. The fraction of sp³-hybridized carbons (Fsp3) is 0.259. The molecule has 0 fully saturated rings. The second-order valence-electron chi connectivity index (χ2n) is 8.45. The first-order chi connectivity index (χ1) is 17.8. The lowest BCUT2D eigenvalue weighted by Crippen LogP contribution is -2.41. The lowest BCUT2D eigenvalue weighted by molar-refractivity contribution is -0.139. The summed E-state index contributed by atoms with van der Waals surface area (Å²) in [5.41, 5.74) is 2.48. The second kappa shape index (κ2) is 9.64. The molecule has 0 aliphatic carbocycles. The number of likely N-dealkylation sites (N-methyl/N-ethyl adjacent to an activating group) is 1. The third-order valence-electron chi connectivity index (χ3n) is 6.45. The number of esters is 1. The van der Waals surface area contributed by atoms with E-state index >= 15 is 0 Å². The van der Waals surface area contributed by atoms with Crippen LogP contribution in [0.1, 0.15) is 37.9 Å². The molecular formula is C27H24ClN3O5S. The predicted molar refractivity (Wildman–Crippen MR) is 142 cm³/mol. The van der Waals surface area contributed by atoms with E-state index in [1.54, 1.807) is 36.9 Å². The number of aromatic nitrogens is 1. The number of ether oxygens (including phenoxy) is 2. The van der Waals surface area contributed by atoms with Crippen LogP contribution in [-0.4, -0.2) is 36.7 Å². The highest BCUT2D eigenvalue weighted by molar-refractivity contribution is 7.07. The molecule has 1 atom stereocenters. The van der Waals surface area contributed by atoms with E-state index in [2.05, 4.69) is 4.99 Å². The normalized spacial score (nSPS) is 17.9. The lowest BCUT2D eigenvalue weighted by atomic mass is 9.95. The Labute approximate surface area is 221 Å². The zero-order chi connectivity index (χ0) is 26.4. The summed E-state index contributed by atoms with van der Waals surface area (Å²) in [5.74, 6) is -0.385. The third-order valence-corrected chi connectivity index (χ3v) is 7.73. The molecule has 37 heavy (non-hydrogen) atoms. The molecule has 3 heterocycles. The van der Waals surface area contributed by atoms with Crippen molar-refractivity contribution in [2.24, 2.45) is 4.99 Å². The number of anilines is 1. The van der Waals surface area contributed by atoms with Crippen LogP contribution in [0.3, 0.4) is 0 Å². The van der Waals surface area contributed by atoms with E-state index in [-0.39, 0.29) is 22.6 Å². The Morgan fingerprint density at radius 2 is 1.92 bits per heavy atom. The molecule has 3 aromatic rings. The average Bonchev–Trinajstić information content (AvgIpc) is 3.35. The largest absolute Gasteiger partial charge is 0.496 e. The van der Waals surface area contributed by atoms with Gasteiger partial charge in [-0.25, -0.2) is 9.79 Å². The standard InChI is InChI=1S/C27H24ClN3O5S/c1-5-30-18-10-8-7-9-16(18)21(24(30)32)23-25(33)31-22(17-13-15(28)11-12-19(17)35-4)20(26(34)36-6-2)14(3)29-27(31)37-23/h7-13,22H,5-6H2,1-4H3/b23-21-/t22-/m1/s1. The summed E-state index contributed by atoms with van der Waals surface area (Å²) in [6.45, 7) is 5.92. The number of para-hydroxylation sites is 1.